The maximum Gasteiger partial charge on any atom is 0.322 e. The Hall–Kier alpha value is -3.16. The lowest BCUT2D eigenvalue weighted by atomic mass is 10.0. The minimum atomic E-state index is -0.192. The van der Waals surface area contributed by atoms with Gasteiger partial charge < -0.3 is 19.2 Å². The largest absolute Gasteiger partial charge is 0.444 e. The number of aromatic nitrogens is 3. The molecule has 0 aliphatic carbocycles. The van der Waals surface area contributed by atoms with Crippen molar-refractivity contribution in [3.05, 3.63) is 48.6 Å². The molecule has 1 N–H and O–H groups in total. The number of rotatable bonds is 3. The molecule has 2 aromatic heterocycles. The van der Waals surface area contributed by atoms with Gasteiger partial charge in [-0.1, -0.05) is 17.3 Å². The normalized spacial score (nSPS) is 17.3. The predicted molar refractivity (Wildman–Crippen MR) is 93.3 cm³/mol. The topological polar surface area (TPSA) is 97.3 Å². The van der Waals surface area contributed by atoms with Crippen molar-refractivity contribution >= 4 is 11.7 Å². The lowest BCUT2D eigenvalue weighted by molar-refractivity contribution is 0.142. The minimum absolute atomic E-state index is 0.180. The summed E-state index contributed by atoms with van der Waals surface area (Å²) >= 11 is 0. The summed E-state index contributed by atoms with van der Waals surface area (Å²) in [6.07, 6.45) is 5.81. The molecular weight excluding hydrogens is 334 g/mol. The zero-order valence-electron chi connectivity index (χ0n) is 14.4. The zero-order chi connectivity index (χ0) is 17.9. The van der Waals surface area contributed by atoms with Gasteiger partial charge in [-0.15, -0.1) is 0 Å². The number of benzene rings is 1. The van der Waals surface area contributed by atoms with E-state index in [2.05, 4.69) is 20.4 Å². The summed E-state index contributed by atoms with van der Waals surface area (Å²) in [7, 11) is 0. The van der Waals surface area contributed by atoms with E-state index in [-0.39, 0.29) is 12.1 Å². The standard InChI is InChI=1S/C18H19N5O3/c1-12-20-17(26-22-12)15-7-2-3-8-23(15)18(24)21-14-6-4-5-13(9-14)16-10-19-11-25-16/h4-6,9-11,15H,2-3,7-8H2,1H3,(H,21,24)/t15-/m0/s1. The quantitative estimate of drug-likeness (QED) is 0.769. The van der Waals surface area contributed by atoms with Crippen LogP contribution in [0.5, 0.6) is 0 Å². The number of carbonyl (C=O) groups excluding carboxylic acids is 1. The van der Waals surface area contributed by atoms with Crippen LogP contribution < -0.4 is 5.32 Å². The molecule has 0 saturated carbocycles. The second kappa shape index (κ2) is 6.99. The fourth-order valence-corrected chi connectivity index (χ4v) is 3.18. The highest BCUT2D eigenvalue weighted by Crippen LogP contribution is 2.31. The smallest absolute Gasteiger partial charge is 0.322 e. The van der Waals surface area contributed by atoms with Gasteiger partial charge in [0.1, 0.15) is 6.04 Å². The maximum absolute atomic E-state index is 12.8. The first-order valence-corrected chi connectivity index (χ1v) is 8.57. The predicted octanol–water partition coefficient (Wildman–Crippen LogP) is 3.79. The van der Waals surface area contributed by atoms with Crippen LogP contribution in [0.4, 0.5) is 10.5 Å². The summed E-state index contributed by atoms with van der Waals surface area (Å²) in [6, 6.07) is 7.09. The Balaban J connectivity index is 1.52. The number of nitrogens with zero attached hydrogens (tertiary/aromatic N) is 4. The average Bonchev–Trinajstić information content (AvgIpc) is 3.34. The van der Waals surface area contributed by atoms with E-state index in [4.69, 9.17) is 8.94 Å². The number of amides is 2. The molecule has 3 aromatic rings. The molecule has 0 unspecified atom stereocenters. The van der Waals surface area contributed by atoms with Crippen molar-refractivity contribution in [3.63, 3.8) is 0 Å². The van der Waals surface area contributed by atoms with E-state index in [1.165, 1.54) is 6.39 Å². The van der Waals surface area contributed by atoms with Gasteiger partial charge in [-0.3, -0.25) is 0 Å². The number of hydrogen-bond acceptors (Lipinski definition) is 6. The molecule has 1 aliphatic heterocycles. The number of urea groups is 1. The van der Waals surface area contributed by atoms with Gasteiger partial charge in [-0.05, 0) is 38.3 Å². The third-order valence-corrected chi connectivity index (χ3v) is 4.42. The number of hydrogen-bond donors (Lipinski definition) is 1. The van der Waals surface area contributed by atoms with Crippen LogP contribution in [0.2, 0.25) is 0 Å². The van der Waals surface area contributed by atoms with E-state index in [1.54, 1.807) is 18.0 Å². The zero-order valence-corrected chi connectivity index (χ0v) is 14.4. The van der Waals surface area contributed by atoms with E-state index in [0.29, 0.717) is 29.7 Å². The van der Waals surface area contributed by atoms with Crippen LogP contribution in [0.15, 0.2) is 45.8 Å². The summed E-state index contributed by atoms with van der Waals surface area (Å²) in [4.78, 5) is 22.8. The molecule has 26 heavy (non-hydrogen) atoms. The summed E-state index contributed by atoms with van der Waals surface area (Å²) < 4.78 is 10.6. The third-order valence-electron chi connectivity index (χ3n) is 4.42. The summed E-state index contributed by atoms with van der Waals surface area (Å²) in [5.41, 5.74) is 1.54. The molecule has 4 rings (SSSR count). The molecule has 8 nitrogen and oxygen atoms in total. The van der Waals surface area contributed by atoms with E-state index < -0.39 is 0 Å². The molecule has 0 spiro atoms. The van der Waals surface area contributed by atoms with E-state index in [1.807, 2.05) is 24.3 Å². The highest BCUT2D eigenvalue weighted by molar-refractivity contribution is 5.90. The van der Waals surface area contributed by atoms with Crippen molar-refractivity contribution in [1.29, 1.82) is 0 Å². The highest BCUT2D eigenvalue weighted by atomic mass is 16.5. The Bertz CT molecular complexity index is 890. The number of likely N-dealkylation sites (tertiary alicyclic amines) is 1. The van der Waals surface area contributed by atoms with Crippen LogP contribution in [0.25, 0.3) is 11.3 Å². The van der Waals surface area contributed by atoms with Gasteiger partial charge >= 0.3 is 6.03 Å². The first-order valence-electron chi connectivity index (χ1n) is 8.57. The van der Waals surface area contributed by atoms with E-state index in [0.717, 1.165) is 24.8 Å². The highest BCUT2D eigenvalue weighted by Gasteiger charge is 2.32. The number of anilines is 1. The van der Waals surface area contributed by atoms with Crippen molar-refractivity contribution in [2.75, 3.05) is 11.9 Å². The molecule has 1 saturated heterocycles. The number of carbonyl (C=O) groups is 1. The van der Waals surface area contributed by atoms with Crippen LogP contribution in [-0.4, -0.2) is 32.6 Å². The Morgan fingerprint density at radius 3 is 3.04 bits per heavy atom. The molecule has 1 atom stereocenters. The van der Waals surface area contributed by atoms with Gasteiger partial charge in [0, 0.05) is 17.8 Å². The van der Waals surface area contributed by atoms with Crippen LogP contribution in [0.3, 0.4) is 0 Å². The van der Waals surface area contributed by atoms with Crippen LogP contribution in [0.1, 0.15) is 37.0 Å². The van der Waals surface area contributed by atoms with Crippen molar-refractivity contribution in [2.45, 2.75) is 32.2 Å². The molecule has 3 heterocycles. The Morgan fingerprint density at radius 2 is 2.27 bits per heavy atom. The number of nitrogens with one attached hydrogen (secondary N) is 1. The summed E-state index contributed by atoms with van der Waals surface area (Å²) in [6.45, 7) is 2.43. The van der Waals surface area contributed by atoms with Gasteiger partial charge in [0.15, 0.2) is 18.0 Å². The number of piperidine rings is 1. The van der Waals surface area contributed by atoms with Gasteiger partial charge in [0.05, 0.1) is 6.20 Å². The van der Waals surface area contributed by atoms with Crippen molar-refractivity contribution in [1.82, 2.24) is 20.0 Å². The number of oxazole rings is 1. The summed E-state index contributed by atoms with van der Waals surface area (Å²) in [5, 5.41) is 6.80. The number of aryl methyl sites for hydroxylation is 1. The molecule has 1 aliphatic rings. The minimum Gasteiger partial charge on any atom is -0.444 e. The molecule has 1 fully saturated rings. The molecular formula is C18H19N5O3. The maximum atomic E-state index is 12.8. The Kier molecular flexibility index (Phi) is 4.39. The summed E-state index contributed by atoms with van der Waals surface area (Å²) in [5.74, 6) is 1.72. The molecule has 8 heteroatoms. The first-order chi connectivity index (χ1) is 12.7. The molecule has 0 bridgehead atoms. The van der Waals surface area contributed by atoms with Crippen molar-refractivity contribution in [3.8, 4) is 11.3 Å². The molecule has 2 amide bonds. The first kappa shape index (κ1) is 16.3. The third kappa shape index (κ3) is 3.30. The van der Waals surface area contributed by atoms with E-state index in [9.17, 15) is 4.79 Å². The lowest BCUT2D eigenvalue weighted by Crippen LogP contribution is -2.41. The van der Waals surface area contributed by atoms with Crippen LogP contribution >= 0.6 is 0 Å². The lowest BCUT2D eigenvalue weighted by Gasteiger charge is -2.33. The van der Waals surface area contributed by atoms with Crippen molar-refractivity contribution < 1.29 is 13.7 Å². The van der Waals surface area contributed by atoms with Gasteiger partial charge in [0.25, 0.3) is 0 Å². The van der Waals surface area contributed by atoms with Crippen LogP contribution in [-0.2, 0) is 0 Å². The fraction of sp³-hybridized carbons (Fsp3) is 0.333. The van der Waals surface area contributed by atoms with E-state index >= 15 is 0 Å². The Labute approximate surface area is 150 Å². The Morgan fingerprint density at radius 1 is 1.35 bits per heavy atom. The van der Waals surface area contributed by atoms with Gasteiger partial charge in [-0.25, -0.2) is 9.78 Å². The molecule has 1 aromatic carbocycles. The average molecular weight is 353 g/mol. The fourth-order valence-electron chi connectivity index (χ4n) is 3.18. The molecule has 134 valence electrons. The SMILES string of the molecule is Cc1noc([C@@H]2CCCCN2C(=O)Nc2cccc(-c3cnco3)c2)n1. The van der Waals surface area contributed by atoms with Crippen LogP contribution in [0, 0.1) is 6.92 Å². The second-order valence-corrected chi connectivity index (χ2v) is 6.26. The van der Waals surface area contributed by atoms with Crippen molar-refractivity contribution in [2.24, 2.45) is 0 Å². The monoisotopic (exact) mass is 353 g/mol. The molecule has 0 radical (unpaired) electrons. The second-order valence-electron chi connectivity index (χ2n) is 6.26. The van der Waals surface area contributed by atoms with Gasteiger partial charge in [-0.2, -0.15) is 4.98 Å². The van der Waals surface area contributed by atoms with Gasteiger partial charge in [0.2, 0.25) is 5.89 Å².